The van der Waals surface area contributed by atoms with Crippen LogP contribution in [0.5, 0.6) is 0 Å². The molecule has 0 amide bonds. The summed E-state index contributed by atoms with van der Waals surface area (Å²) in [5.74, 6) is 0.0596. The first-order valence-electron chi connectivity index (χ1n) is 4.41. The summed E-state index contributed by atoms with van der Waals surface area (Å²) in [6, 6.07) is 1.99. The first kappa shape index (κ1) is 8.44. The van der Waals surface area contributed by atoms with Gasteiger partial charge in [-0.3, -0.25) is 9.48 Å². The minimum absolute atomic E-state index is 0.0596. The summed E-state index contributed by atoms with van der Waals surface area (Å²) in [6.45, 7) is 2.99. The average Bonchev–Trinajstić information content (AvgIpc) is 2.74. The molecule has 0 saturated carbocycles. The molecule has 0 spiro atoms. The second-order valence-corrected chi connectivity index (χ2v) is 3.23. The molecule has 1 fully saturated rings. The Morgan fingerprint density at radius 3 is 3.23 bits per heavy atom. The first-order chi connectivity index (χ1) is 6.29. The normalized spacial score (nSPS) is 22.1. The number of rotatable bonds is 2. The lowest BCUT2D eigenvalue weighted by Crippen LogP contribution is -2.15. The molecule has 0 radical (unpaired) electrons. The van der Waals surface area contributed by atoms with Crippen LogP contribution in [0.2, 0.25) is 0 Å². The van der Waals surface area contributed by atoms with E-state index in [9.17, 15) is 4.79 Å². The highest BCUT2D eigenvalue weighted by Crippen LogP contribution is 2.19. The molecule has 4 nitrogen and oxygen atoms in total. The number of carbonyl (C=O) groups is 1. The van der Waals surface area contributed by atoms with Crippen molar-refractivity contribution in [3.05, 3.63) is 18.0 Å². The SMILES string of the molecule is CC(=O)c1ccnn1C1CCOC1. The van der Waals surface area contributed by atoms with Crippen molar-refractivity contribution in [3.8, 4) is 0 Å². The van der Waals surface area contributed by atoms with Crippen LogP contribution in [0.25, 0.3) is 0 Å². The predicted octanol–water partition coefficient (Wildman–Crippen LogP) is 1.05. The van der Waals surface area contributed by atoms with Gasteiger partial charge >= 0.3 is 0 Å². The second kappa shape index (κ2) is 3.30. The van der Waals surface area contributed by atoms with E-state index in [1.807, 2.05) is 0 Å². The Morgan fingerprint density at radius 1 is 1.77 bits per heavy atom. The molecule has 2 rings (SSSR count). The van der Waals surface area contributed by atoms with E-state index < -0.39 is 0 Å². The van der Waals surface area contributed by atoms with E-state index in [2.05, 4.69) is 5.10 Å². The summed E-state index contributed by atoms with van der Waals surface area (Å²) in [6.07, 6.45) is 2.61. The van der Waals surface area contributed by atoms with Gasteiger partial charge in [-0.15, -0.1) is 0 Å². The highest BCUT2D eigenvalue weighted by molar-refractivity contribution is 5.92. The van der Waals surface area contributed by atoms with E-state index in [-0.39, 0.29) is 11.8 Å². The number of ketones is 1. The van der Waals surface area contributed by atoms with E-state index in [0.29, 0.717) is 12.3 Å². The molecule has 2 heterocycles. The molecule has 1 aliphatic rings. The smallest absolute Gasteiger partial charge is 0.177 e. The fourth-order valence-electron chi connectivity index (χ4n) is 1.60. The third-order valence-corrected chi connectivity index (χ3v) is 2.28. The van der Waals surface area contributed by atoms with Gasteiger partial charge in [0.2, 0.25) is 0 Å². The van der Waals surface area contributed by atoms with E-state index in [1.165, 1.54) is 0 Å². The minimum atomic E-state index is 0.0596. The maximum atomic E-state index is 11.2. The zero-order valence-electron chi connectivity index (χ0n) is 7.56. The number of aromatic nitrogens is 2. The van der Waals surface area contributed by atoms with Crippen LogP contribution >= 0.6 is 0 Å². The van der Waals surface area contributed by atoms with Crippen LogP contribution in [0.15, 0.2) is 12.3 Å². The van der Waals surface area contributed by atoms with Crippen LogP contribution in [0.3, 0.4) is 0 Å². The van der Waals surface area contributed by atoms with Crippen LogP contribution < -0.4 is 0 Å². The van der Waals surface area contributed by atoms with E-state index in [1.54, 1.807) is 23.9 Å². The zero-order chi connectivity index (χ0) is 9.26. The standard InChI is InChI=1S/C9H12N2O2/c1-7(12)9-2-4-10-11(9)8-3-5-13-6-8/h2,4,8H,3,5-6H2,1H3. The summed E-state index contributed by atoms with van der Waals surface area (Å²) in [5.41, 5.74) is 0.676. The number of hydrogen-bond acceptors (Lipinski definition) is 3. The van der Waals surface area contributed by atoms with E-state index >= 15 is 0 Å². The Labute approximate surface area is 76.5 Å². The highest BCUT2D eigenvalue weighted by atomic mass is 16.5. The van der Waals surface area contributed by atoms with Crippen molar-refractivity contribution in [2.45, 2.75) is 19.4 Å². The third-order valence-electron chi connectivity index (χ3n) is 2.28. The molecule has 0 aliphatic carbocycles. The third kappa shape index (κ3) is 1.49. The maximum absolute atomic E-state index is 11.2. The van der Waals surface area contributed by atoms with Gasteiger partial charge in [-0.05, 0) is 12.5 Å². The first-order valence-corrected chi connectivity index (χ1v) is 4.41. The number of carbonyl (C=O) groups excluding carboxylic acids is 1. The van der Waals surface area contributed by atoms with Gasteiger partial charge in [-0.25, -0.2) is 0 Å². The molecule has 13 heavy (non-hydrogen) atoms. The van der Waals surface area contributed by atoms with Gasteiger partial charge in [0, 0.05) is 19.7 Å². The summed E-state index contributed by atoms with van der Waals surface area (Å²) in [7, 11) is 0. The quantitative estimate of drug-likeness (QED) is 0.639. The summed E-state index contributed by atoms with van der Waals surface area (Å²) in [5, 5.41) is 4.14. The fraction of sp³-hybridized carbons (Fsp3) is 0.556. The number of nitrogens with zero attached hydrogens (tertiary/aromatic N) is 2. The number of ether oxygens (including phenoxy) is 1. The number of hydrogen-bond donors (Lipinski definition) is 0. The molecule has 0 N–H and O–H groups in total. The molecular weight excluding hydrogens is 168 g/mol. The molecule has 1 aromatic heterocycles. The molecule has 0 bridgehead atoms. The largest absolute Gasteiger partial charge is 0.379 e. The lowest BCUT2D eigenvalue weighted by molar-refractivity contribution is 0.0999. The summed E-state index contributed by atoms with van der Waals surface area (Å²) in [4.78, 5) is 11.2. The highest BCUT2D eigenvalue weighted by Gasteiger charge is 2.21. The van der Waals surface area contributed by atoms with E-state index in [0.717, 1.165) is 13.0 Å². The fourth-order valence-corrected chi connectivity index (χ4v) is 1.60. The minimum Gasteiger partial charge on any atom is -0.379 e. The molecular formula is C9H12N2O2. The maximum Gasteiger partial charge on any atom is 0.177 e. The van der Waals surface area contributed by atoms with Gasteiger partial charge in [0.25, 0.3) is 0 Å². The van der Waals surface area contributed by atoms with Crippen LogP contribution in [0.4, 0.5) is 0 Å². The molecule has 1 aromatic rings. The Hall–Kier alpha value is -1.16. The van der Waals surface area contributed by atoms with Crippen molar-refractivity contribution in [2.75, 3.05) is 13.2 Å². The molecule has 1 atom stereocenters. The molecule has 1 saturated heterocycles. The Balaban J connectivity index is 2.28. The average molecular weight is 180 g/mol. The van der Waals surface area contributed by atoms with Gasteiger partial charge in [0.15, 0.2) is 5.78 Å². The lowest BCUT2D eigenvalue weighted by Gasteiger charge is -2.10. The van der Waals surface area contributed by atoms with Crippen molar-refractivity contribution in [3.63, 3.8) is 0 Å². The molecule has 70 valence electrons. The van der Waals surface area contributed by atoms with Gasteiger partial charge < -0.3 is 4.74 Å². The Kier molecular flexibility index (Phi) is 2.14. The summed E-state index contributed by atoms with van der Waals surface area (Å²) < 4.78 is 7.02. The molecule has 4 heteroatoms. The van der Waals surface area contributed by atoms with Crippen LogP contribution in [-0.2, 0) is 4.74 Å². The molecule has 1 aliphatic heterocycles. The van der Waals surface area contributed by atoms with Crippen LogP contribution in [-0.4, -0.2) is 28.8 Å². The van der Waals surface area contributed by atoms with Crippen LogP contribution in [0.1, 0.15) is 29.9 Å². The van der Waals surface area contributed by atoms with E-state index in [4.69, 9.17) is 4.74 Å². The Morgan fingerprint density at radius 2 is 2.62 bits per heavy atom. The zero-order valence-corrected chi connectivity index (χ0v) is 7.56. The van der Waals surface area contributed by atoms with Crippen LogP contribution in [0, 0.1) is 0 Å². The molecule has 0 aromatic carbocycles. The van der Waals surface area contributed by atoms with Crippen molar-refractivity contribution in [1.29, 1.82) is 0 Å². The van der Waals surface area contributed by atoms with Gasteiger partial charge in [-0.1, -0.05) is 0 Å². The monoisotopic (exact) mass is 180 g/mol. The number of Topliss-reactive ketones (excluding diaryl/α,β-unsaturated/α-hetero) is 1. The van der Waals surface area contributed by atoms with Gasteiger partial charge in [-0.2, -0.15) is 5.10 Å². The van der Waals surface area contributed by atoms with Gasteiger partial charge in [0.05, 0.1) is 12.6 Å². The summed E-state index contributed by atoms with van der Waals surface area (Å²) >= 11 is 0. The molecule has 1 unspecified atom stereocenters. The van der Waals surface area contributed by atoms with Crippen molar-refractivity contribution in [1.82, 2.24) is 9.78 Å². The van der Waals surface area contributed by atoms with Gasteiger partial charge in [0.1, 0.15) is 5.69 Å². The Bertz CT molecular complexity index is 313. The van der Waals surface area contributed by atoms with Crippen molar-refractivity contribution >= 4 is 5.78 Å². The topological polar surface area (TPSA) is 44.1 Å². The predicted molar refractivity (Wildman–Crippen MR) is 46.7 cm³/mol. The second-order valence-electron chi connectivity index (χ2n) is 3.23. The van der Waals surface area contributed by atoms with Crippen molar-refractivity contribution < 1.29 is 9.53 Å². The van der Waals surface area contributed by atoms with Crippen molar-refractivity contribution in [2.24, 2.45) is 0 Å². The lowest BCUT2D eigenvalue weighted by atomic mass is 10.2.